The predicted molar refractivity (Wildman–Crippen MR) is 116 cm³/mol. The first-order valence-corrected chi connectivity index (χ1v) is 10.2. The summed E-state index contributed by atoms with van der Waals surface area (Å²) in [5.74, 6) is -0.0705. The van der Waals surface area contributed by atoms with Gasteiger partial charge in [-0.1, -0.05) is 22.0 Å². The van der Waals surface area contributed by atoms with E-state index >= 15 is 0 Å². The van der Waals surface area contributed by atoms with Gasteiger partial charge in [0.05, 0.1) is 23.1 Å². The highest BCUT2D eigenvalue weighted by Crippen LogP contribution is 2.31. The number of halogens is 1. The van der Waals surface area contributed by atoms with Crippen molar-refractivity contribution in [2.24, 2.45) is 5.92 Å². The minimum Gasteiger partial charge on any atom is -0.326 e. The Morgan fingerprint density at radius 2 is 1.79 bits per heavy atom. The van der Waals surface area contributed by atoms with Gasteiger partial charge in [0, 0.05) is 21.8 Å². The van der Waals surface area contributed by atoms with Crippen LogP contribution in [0, 0.1) is 19.8 Å². The number of carbonyl (C=O) groups excluding carboxylic acids is 2. The summed E-state index contributed by atoms with van der Waals surface area (Å²) < 4.78 is 2.72. The van der Waals surface area contributed by atoms with Gasteiger partial charge in [-0.25, -0.2) is 4.68 Å². The van der Waals surface area contributed by atoms with Crippen LogP contribution in [-0.2, 0) is 4.79 Å². The summed E-state index contributed by atoms with van der Waals surface area (Å²) in [7, 11) is 0. The molecular weight excluding hydrogens is 432 g/mol. The minimum absolute atomic E-state index is 0.0396. The number of hydrogen-bond donors (Lipinski definition) is 2. The molecule has 2 N–H and O–H groups in total. The van der Waals surface area contributed by atoms with E-state index in [0.717, 1.165) is 34.3 Å². The lowest BCUT2D eigenvalue weighted by molar-refractivity contribution is -0.117. The molecule has 4 rings (SSSR count). The maximum atomic E-state index is 12.9. The van der Waals surface area contributed by atoms with E-state index in [2.05, 4.69) is 31.7 Å². The van der Waals surface area contributed by atoms with Crippen molar-refractivity contribution in [1.29, 1.82) is 0 Å². The van der Waals surface area contributed by atoms with Crippen LogP contribution in [0.3, 0.4) is 0 Å². The van der Waals surface area contributed by atoms with Crippen molar-refractivity contribution >= 4 is 39.1 Å². The Balaban J connectivity index is 1.53. The third-order valence-electron chi connectivity index (χ3n) is 5.03. The van der Waals surface area contributed by atoms with Gasteiger partial charge >= 0.3 is 0 Å². The zero-order valence-electron chi connectivity index (χ0n) is 16.2. The highest BCUT2D eigenvalue weighted by atomic mass is 79.9. The Morgan fingerprint density at radius 3 is 2.48 bits per heavy atom. The number of aryl methyl sites for hydroxylation is 1. The summed E-state index contributed by atoms with van der Waals surface area (Å²) in [5, 5.41) is 10.2. The molecule has 0 radical (unpaired) electrons. The molecule has 0 bridgehead atoms. The van der Waals surface area contributed by atoms with E-state index in [4.69, 9.17) is 0 Å². The highest BCUT2D eigenvalue weighted by molar-refractivity contribution is 9.10. The maximum Gasteiger partial charge on any atom is 0.259 e. The van der Waals surface area contributed by atoms with Crippen LogP contribution in [0.5, 0.6) is 0 Å². The van der Waals surface area contributed by atoms with Crippen molar-refractivity contribution in [3.63, 3.8) is 0 Å². The molecule has 1 aromatic heterocycles. The second-order valence-corrected chi connectivity index (χ2v) is 8.19. The van der Waals surface area contributed by atoms with Crippen LogP contribution in [0.2, 0.25) is 0 Å². The molecule has 1 fully saturated rings. The molecular formula is C22H21BrN4O2. The molecule has 2 amide bonds. The van der Waals surface area contributed by atoms with Gasteiger partial charge in [-0.2, -0.15) is 5.10 Å². The smallest absolute Gasteiger partial charge is 0.259 e. The number of nitrogens with zero attached hydrogens (tertiary/aromatic N) is 2. The zero-order valence-corrected chi connectivity index (χ0v) is 17.8. The lowest BCUT2D eigenvalue weighted by Gasteiger charge is -2.12. The van der Waals surface area contributed by atoms with Crippen molar-refractivity contribution in [2.45, 2.75) is 26.7 Å². The van der Waals surface area contributed by atoms with Crippen LogP contribution < -0.4 is 10.6 Å². The molecule has 0 unspecified atom stereocenters. The van der Waals surface area contributed by atoms with E-state index in [1.54, 1.807) is 16.9 Å². The average molecular weight is 453 g/mol. The van der Waals surface area contributed by atoms with E-state index in [-0.39, 0.29) is 17.7 Å². The Morgan fingerprint density at radius 1 is 1.07 bits per heavy atom. The zero-order chi connectivity index (χ0) is 20.5. The van der Waals surface area contributed by atoms with Gasteiger partial charge in [-0.05, 0) is 68.7 Å². The summed E-state index contributed by atoms with van der Waals surface area (Å²) in [4.78, 5) is 24.9. The van der Waals surface area contributed by atoms with Crippen molar-refractivity contribution in [1.82, 2.24) is 9.78 Å². The van der Waals surface area contributed by atoms with Gasteiger partial charge < -0.3 is 10.6 Å². The molecule has 3 aromatic rings. The normalized spacial score (nSPS) is 13.2. The first-order valence-electron chi connectivity index (χ1n) is 9.46. The van der Waals surface area contributed by atoms with Crippen LogP contribution in [-0.4, -0.2) is 21.6 Å². The predicted octanol–water partition coefficient (Wildman–Crippen LogP) is 4.85. The number of hydrogen-bond acceptors (Lipinski definition) is 3. The van der Waals surface area contributed by atoms with E-state index in [9.17, 15) is 9.59 Å². The van der Waals surface area contributed by atoms with Gasteiger partial charge in [0.2, 0.25) is 5.91 Å². The standard InChI is InChI=1S/C22H21BrN4O2/c1-13-3-8-17(25-21(28)15-4-5-15)11-20(13)26-22(29)19-12-24-27(14(19)2)18-9-6-16(23)7-10-18/h3,6-12,15H,4-5H2,1-2H3,(H,25,28)(H,26,29). The van der Waals surface area contributed by atoms with Crippen LogP contribution in [0.15, 0.2) is 53.1 Å². The van der Waals surface area contributed by atoms with Gasteiger partial charge in [0.15, 0.2) is 0 Å². The van der Waals surface area contributed by atoms with E-state index in [1.165, 1.54) is 0 Å². The molecule has 1 saturated carbocycles. The van der Waals surface area contributed by atoms with Crippen LogP contribution in [0.4, 0.5) is 11.4 Å². The third kappa shape index (κ3) is 4.24. The summed E-state index contributed by atoms with van der Waals surface area (Å²) in [6.45, 7) is 3.78. The number of aromatic nitrogens is 2. The number of benzene rings is 2. The second-order valence-electron chi connectivity index (χ2n) is 7.28. The topological polar surface area (TPSA) is 76.0 Å². The lowest BCUT2D eigenvalue weighted by Crippen LogP contribution is -2.16. The van der Waals surface area contributed by atoms with Crippen molar-refractivity contribution in [3.05, 3.63) is 70.0 Å². The molecule has 1 aliphatic carbocycles. The summed E-state index contributed by atoms with van der Waals surface area (Å²) in [6, 6.07) is 13.3. The fraction of sp³-hybridized carbons (Fsp3) is 0.227. The van der Waals surface area contributed by atoms with Gasteiger partial charge in [0.25, 0.3) is 5.91 Å². The van der Waals surface area contributed by atoms with Crippen LogP contribution in [0.25, 0.3) is 5.69 Å². The molecule has 0 saturated heterocycles. The van der Waals surface area contributed by atoms with Crippen molar-refractivity contribution < 1.29 is 9.59 Å². The average Bonchev–Trinajstić information content (AvgIpc) is 3.48. The number of amides is 2. The Kier molecular flexibility index (Phi) is 5.24. The Bertz CT molecular complexity index is 1080. The first kappa shape index (κ1) is 19.4. The van der Waals surface area contributed by atoms with Crippen molar-refractivity contribution in [2.75, 3.05) is 10.6 Å². The molecule has 0 spiro atoms. The summed E-state index contributed by atoms with van der Waals surface area (Å²) in [5.41, 5.74) is 4.40. The molecule has 2 aromatic carbocycles. The number of rotatable bonds is 5. The maximum absolute atomic E-state index is 12.9. The molecule has 0 atom stereocenters. The molecule has 148 valence electrons. The largest absolute Gasteiger partial charge is 0.326 e. The summed E-state index contributed by atoms with van der Waals surface area (Å²) >= 11 is 3.42. The molecule has 29 heavy (non-hydrogen) atoms. The summed E-state index contributed by atoms with van der Waals surface area (Å²) in [6.07, 6.45) is 3.46. The van der Waals surface area contributed by atoms with Crippen molar-refractivity contribution in [3.8, 4) is 5.69 Å². The van der Waals surface area contributed by atoms with Crippen LogP contribution >= 0.6 is 15.9 Å². The SMILES string of the molecule is Cc1ccc(NC(=O)C2CC2)cc1NC(=O)c1cnn(-c2ccc(Br)cc2)c1C. The van der Waals surface area contributed by atoms with E-state index < -0.39 is 0 Å². The number of carbonyl (C=O) groups is 2. The molecule has 1 heterocycles. The van der Waals surface area contributed by atoms with Crippen LogP contribution in [0.1, 0.15) is 34.5 Å². The second kappa shape index (κ2) is 7.83. The van der Waals surface area contributed by atoms with Gasteiger partial charge in [-0.15, -0.1) is 0 Å². The lowest BCUT2D eigenvalue weighted by atomic mass is 10.1. The van der Waals surface area contributed by atoms with Gasteiger partial charge in [0.1, 0.15) is 0 Å². The molecule has 1 aliphatic rings. The number of nitrogens with one attached hydrogen (secondary N) is 2. The molecule has 6 nitrogen and oxygen atoms in total. The first-order chi connectivity index (χ1) is 13.9. The Hall–Kier alpha value is -2.93. The molecule has 7 heteroatoms. The fourth-order valence-corrected chi connectivity index (χ4v) is 3.35. The van der Waals surface area contributed by atoms with E-state index in [0.29, 0.717) is 16.9 Å². The Labute approximate surface area is 177 Å². The quantitative estimate of drug-likeness (QED) is 0.580. The fourth-order valence-electron chi connectivity index (χ4n) is 3.09. The minimum atomic E-state index is -0.236. The molecule has 0 aliphatic heterocycles. The highest BCUT2D eigenvalue weighted by Gasteiger charge is 2.29. The third-order valence-corrected chi connectivity index (χ3v) is 5.56. The van der Waals surface area contributed by atoms with E-state index in [1.807, 2.05) is 50.2 Å². The number of anilines is 2. The monoisotopic (exact) mass is 452 g/mol. The van der Waals surface area contributed by atoms with Gasteiger partial charge in [-0.3, -0.25) is 9.59 Å².